The normalized spacial score (nSPS) is 13.2. The molecular weight excluding hydrogens is 260 g/mol. The van der Waals surface area contributed by atoms with Crippen LogP contribution < -0.4 is 0 Å². The molecule has 6 heteroatoms. The van der Waals surface area contributed by atoms with Gasteiger partial charge >= 0.3 is 5.97 Å². The van der Waals surface area contributed by atoms with E-state index in [2.05, 4.69) is 17.1 Å². The molecule has 0 saturated carbocycles. The van der Waals surface area contributed by atoms with Crippen LogP contribution in [0.5, 0.6) is 0 Å². The number of esters is 1. The van der Waals surface area contributed by atoms with Crippen molar-refractivity contribution in [1.82, 2.24) is 10.1 Å². The highest BCUT2D eigenvalue weighted by Crippen LogP contribution is 2.26. The lowest BCUT2D eigenvalue weighted by molar-refractivity contribution is -0.149. The SMILES string of the molecule is CCCC(OCC)c1noc(C(C)(C)C(=O)OCC)n1. The lowest BCUT2D eigenvalue weighted by Crippen LogP contribution is -2.31. The maximum Gasteiger partial charge on any atom is 0.321 e. The summed E-state index contributed by atoms with van der Waals surface area (Å²) in [6, 6.07) is 0. The standard InChI is InChI=1S/C14H24N2O4/c1-6-9-10(18-7-2)11-15-12(20-16-11)14(4,5)13(17)19-8-3/h10H,6-9H2,1-5H3. The molecule has 0 N–H and O–H groups in total. The lowest BCUT2D eigenvalue weighted by Gasteiger charge is -2.17. The van der Waals surface area contributed by atoms with E-state index >= 15 is 0 Å². The molecule has 0 bridgehead atoms. The van der Waals surface area contributed by atoms with Crippen LogP contribution in [0.15, 0.2) is 4.52 Å². The zero-order valence-electron chi connectivity index (χ0n) is 12.9. The molecule has 0 saturated heterocycles. The molecule has 0 fully saturated rings. The van der Waals surface area contributed by atoms with Crippen molar-refractivity contribution in [3.05, 3.63) is 11.7 Å². The van der Waals surface area contributed by atoms with Crippen molar-refractivity contribution in [2.75, 3.05) is 13.2 Å². The Bertz CT molecular complexity index is 423. The number of hydrogen-bond donors (Lipinski definition) is 0. The fourth-order valence-corrected chi connectivity index (χ4v) is 1.77. The second-order valence-corrected chi connectivity index (χ2v) is 5.04. The molecule has 1 unspecified atom stereocenters. The zero-order valence-corrected chi connectivity index (χ0v) is 12.9. The first-order chi connectivity index (χ1) is 9.47. The maximum absolute atomic E-state index is 11.9. The Morgan fingerprint density at radius 3 is 2.55 bits per heavy atom. The smallest absolute Gasteiger partial charge is 0.321 e. The highest BCUT2D eigenvalue weighted by atomic mass is 16.5. The number of carbonyl (C=O) groups excluding carboxylic acids is 1. The van der Waals surface area contributed by atoms with Gasteiger partial charge in [0.1, 0.15) is 11.5 Å². The first-order valence-corrected chi connectivity index (χ1v) is 7.10. The van der Waals surface area contributed by atoms with E-state index in [-0.39, 0.29) is 18.0 Å². The van der Waals surface area contributed by atoms with E-state index in [0.717, 1.165) is 12.8 Å². The quantitative estimate of drug-likeness (QED) is 0.683. The third-order valence-electron chi connectivity index (χ3n) is 2.97. The summed E-state index contributed by atoms with van der Waals surface area (Å²) >= 11 is 0. The number of carbonyl (C=O) groups is 1. The topological polar surface area (TPSA) is 74.5 Å². The first-order valence-electron chi connectivity index (χ1n) is 7.10. The van der Waals surface area contributed by atoms with E-state index in [4.69, 9.17) is 14.0 Å². The molecule has 0 aliphatic rings. The number of rotatable bonds is 8. The van der Waals surface area contributed by atoms with Crippen molar-refractivity contribution >= 4 is 5.97 Å². The van der Waals surface area contributed by atoms with Gasteiger partial charge in [0.05, 0.1) is 6.61 Å². The third-order valence-corrected chi connectivity index (χ3v) is 2.97. The van der Waals surface area contributed by atoms with Crippen molar-refractivity contribution in [1.29, 1.82) is 0 Å². The highest BCUT2D eigenvalue weighted by Gasteiger charge is 2.38. The van der Waals surface area contributed by atoms with Crippen LogP contribution in [0.4, 0.5) is 0 Å². The van der Waals surface area contributed by atoms with Crippen molar-refractivity contribution in [2.24, 2.45) is 0 Å². The Balaban J connectivity index is 2.91. The molecule has 1 rings (SSSR count). The van der Waals surface area contributed by atoms with Gasteiger partial charge in [-0.25, -0.2) is 0 Å². The van der Waals surface area contributed by atoms with E-state index < -0.39 is 5.41 Å². The Morgan fingerprint density at radius 2 is 2.00 bits per heavy atom. The second-order valence-electron chi connectivity index (χ2n) is 5.04. The van der Waals surface area contributed by atoms with Gasteiger partial charge in [-0.05, 0) is 34.1 Å². The van der Waals surface area contributed by atoms with Gasteiger partial charge in [0.25, 0.3) is 0 Å². The summed E-state index contributed by atoms with van der Waals surface area (Å²) in [6.45, 7) is 10.1. The first kappa shape index (κ1) is 16.6. The molecule has 1 heterocycles. The van der Waals surface area contributed by atoms with E-state index in [1.54, 1.807) is 20.8 Å². The maximum atomic E-state index is 11.9. The van der Waals surface area contributed by atoms with Crippen LogP contribution >= 0.6 is 0 Å². The molecule has 1 aromatic heterocycles. The number of aromatic nitrogens is 2. The summed E-state index contributed by atoms with van der Waals surface area (Å²) in [6.07, 6.45) is 1.57. The molecule has 0 radical (unpaired) electrons. The minimum atomic E-state index is -0.954. The van der Waals surface area contributed by atoms with Crippen LogP contribution in [0.25, 0.3) is 0 Å². The van der Waals surface area contributed by atoms with Crippen LogP contribution in [-0.4, -0.2) is 29.3 Å². The zero-order chi connectivity index (χ0) is 15.2. The van der Waals surface area contributed by atoms with Crippen LogP contribution in [0.1, 0.15) is 65.3 Å². The van der Waals surface area contributed by atoms with Gasteiger partial charge < -0.3 is 14.0 Å². The van der Waals surface area contributed by atoms with Crippen LogP contribution in [-0.2, 0) is 19.7 Å². The predicted molar refractivity (Wildman–Crippen MR) is 73.2 cm³/mol. The molecule has 114 valence electrons. The molecular formula is C14H24N2O4. The molecule has 20 heavy (non-hydrogen) atoms. The average molecular weight is 284 g/mol. The Hall–Kier alpha value is -1.43. The van der Waals surface area contributed by atoms with Crippen LogP contribution in [0.2, 0.25) is 0 Å². The summed E-state index contributed by atoms with van der Waals surface area (Å²) in [5, 5.41) is 3.94. The van der Waals surface area contributed by atoms with E-state index in [1.807, 2.05) is 6.92 Å². The van der Waals surface area contributed by atoms with E-state index in [1.165, 1.54) is 0 Å². The number of ether oxygens (including phenoxy) is 2. The van der Waals surface area contributed by atoms with E-state index in [0.29, 0.717) is 19.0 Å². The summed E-state index contributed by atoms with van der Waals surface area (Å²) in [5.41, 5.74) is -0.954. The Labute approximate surface area is 119 Å². The average Bonchev–Trinajstić information content (AvgIpc) is 2.89. The summed E-state index contributed by atoms with van der Waals surface area (Å²) < 4.78 is 15.9. The van der Waals surface area contributed by atoms with Crippen molar-refractivity contribution in [3.63, 3.8) is 0 Å². The predicted octanol–water partition coefficient (Wildman–Crippen LogP) is 2.79. The molecule has 0 aliphatic heterocycles. The molecule has 1 aromatic rings. The van der Waals surface area contributed by atoms with Crippen LogP contribution in [0.3, 0.4) is 0 Å². The van der Waals surface area contributed by atoms with Gasteiger partial charge in [-0.3, -0.25) is 4.79 Å². The summed E-state index contributed by atoms with van der Waals surface area (Å²) in [5.74, 6) is 0.367. The van der Waals surface area contributed by atoms with Crippen molar-refractivity contribution in [3.8, 4) is 0 Å². The fourth-order valence-electron chi connectivity index (χ4n) is 1.77. The number of hydrogen-bond acceptors (Lipinski definition) is 6. The largest absolute Gasteiger partial charge is 0.465 e. The molecule has 0 amide bonds. The minimum Gasteiger partial charge on any atom is -0.465 e. The van der Waals surface area contributed by atoms with Crippen molar-refractivity contribution < 1.29 is 18.8 Å². The lowest BCUT2D eigenvalue weighted by atomic mass is 9.94. The third kappa shape index (κ3) is 3.79. The Kier molecular flexibility index (Phi) is 6.13. The summed E-state index contributed by atoms with van der Waals surface area (Å²) in [7, 11) is 0. The second kappa shape index (κ2) is 7.38. The molecule has 0 aromatic carbocycles. The fraction of sp³-hybridized carbons (Fsp3) is 0.786. The number of nitrogens with zero attached hydrogens (tertiary/aromatic N) is 2. The highest BCUT2D eigenvalue weighted by molar-refractivity contribution is 5.80. The van der Waals surface area contributed by atoms with Gasteiger partial charge in [-0.1, -0.05) is 18.5 Å². The van der Waals surface area contributed by atoms with Gasteiger partial charge in [0.2, 0.25) is 11.7 Å². The molecule has 0 spiro atoms. The Morgan fingerprint density at radius 1 is 1.30 bits per heavy atom. The van der Waals surface area contributed by atoms with Gasteiger partial charge in [0.15, 0.2) is 0 Å². The van der Waals surface area contributed by atoms with Crippen molar-refractivity contribution in [2.45, 2.75) is 59.0 Å². The molecule has 6 nitrogen and oxygen atoms in total. The monoisotopic (exact) mass is 284 g/mol. The molecule has 0 aliphatic carbocycles. The van der Waals surface area contributed by atoms with Gasteiger partial charge in [0, 0.05) is 6.61 Å². The summed E-state index contributed by atoms with van der Waals surface area (Å²) in [4.78, 5) is 16.2. The van der Waals surface area contributed by atoms with E-state index in [9.17, 15) is 4.79 Å². The molecule has 1 atom stereocenters. The van der Waals surface area contributed by atoms with Gasteiger partial charge in [-0.2, -0.15) is 4.98 Å². The van der Waals surface area contributed by atoms with Crippen LogP contribution in [0, 0.1) is 0 Å². The van der Waals surface area contributed by atoms with Gasteiger partial charge in [-0.15, -0.1) is 0 Å². The minimum absolute atomic E-state index is 0.194.